The molecule has 0 radical (unpaired) electrons. The van der Waals surface area contributed by atoms with Gasteiger partial charge >= 0.3 is 0 Å². The standard InChI is InChI=1S/C15H24ClNOS/c1-11(9-18)10-19-14-6-5-13(16)7-12(14)8-17-15(2,3)4/h5-7,11,17-18H,8-10H2,1-4H3. The Balaban J connectivity index is 2.74. The zero-order valence-corrected chi connectivity index (χ0v) is 13.7. The number of nitrogens with one attached hydrogen (secondary N) is 1. The van der Waals surface area contributed by atoms with E-state index in [1.165, 1.54) is 10.5 Å². The van der Waals surface area contributed by atoms with Crippen LogP contribution in [0.4, 0.5) is 0 Å². The monoisotopic (exact) mass is 301 g/mol. The van der Waals surface area contributed by atoms with Crippen molar-refractivity contribution in [2.75, 3.05) is 12.4 Å². The van der Waals surface area contributed by atoms with Gasteiger partial charge in [-0.2, -0.15) is 0 Å². The van der Waals surface area contributed by atoms with Crippen LogP contribution in [0.15, 0.2) is 23.1 Å². The molecule has 1 aromatic rings. The topological polar surface area (TPSA) is 32.3 Å². The van der Waals surface area contributed by atoms with Crippen LogP contribution >= 0.6 is 23.4 Å². The predicted octanol–water partition coefficient (Wildman–Crippen LogP) is 3.95. The third-order valence-electron chi connectivity index (χ3n) is 2.67. The Morgan fingerprint density at radius 2 is 2.05 bits per heavy atom. The minimum absolute atomic E-state index is 0.0860. The minimum Gasteiger partial charge on any atom is -0.396 e. The molecule has 1 unspecified atom stereocenters. The molecule has 0 bridgehead atoms. The van der Waals surface area contributed by atoms with Gasteiger partial charge in [0.1, 0.15) is 0 Å². The Bertz CT molecular complexity index is 404. The van der Waals surface area contributed by atoms with Crippen molar-refractivity contribution in [2.24, 2.45) is 5.92 Å². The molecule has 0 aliphatic heterocycles. The molecule has 0 aromatic heterocycles. The first kappa shape index (κ1) is 16.8. The van der Waals surface area contributed by atoms with E-state index in [1.54, 1.807) is 11.8 Å². The Hall–Kier alpha value is -0.220. The van der Waals surface area contributed by atoms with Gasteiger partial charge in [-0.25, -0.2) is 0 Å². The maximum Gasteiger partial charge on any atom is 0.0464 e. The van der Waals surface area contributed by atoms with Crippen LogP contribution in [0, 0.1) is 5.92 Å². The van der Waals surface area contributed by atoms with Crippen LogP contribution in [0.2, 0.25) is 5.02 Å². The highest BCUT2D eigenvalue weighted by molar-refractivity contribution is 7.99. The summed E-state index contributed by atoms with van der Waals surface area (Å²) in [5, 5.41) is 13.3. The highest BCUT2D eigenvalue weighted by Gasteiger charge is 2.12. The minimum atomic E-state index is 0.0860. The highest BCUT2D eigenvalue weighted by Crippen LogP contribution is 2.27. The van der Waals surface area contributed by atoms with Crippen LogP contribution in [0.1, 0.15) is 33.3 Å². The van der Waals surface area contributed by atoms with Gasteiger partial charge in [-0.3, -0.25) is 0 Å². The molecule has 0 spiro atoms. The van der Waals surface area contributed by atoms with Crippen LogP contribution < -0.4 is 5.32 Å². The van der Waals surface area contributed by atoms with Crippen LogP contribution in [0.3, 0.4) is 0 Å². The summed E-state index contributed by atoms with van der Waals surface area (Å²) in [4.78, 5) is 1.24. The summed E-state index contributed by atoms with van der Waals surface area (Å²) in [6, 6.07) is 6.01. The zero-order valence-electron chi connectivity index (χ0n) is 12.2. The Morgan fingerprint density at radius 1 is 1.37 bits per heavy atom. The molecular weight excluding hydrogens is 278 g/mol. The molecule has 1 rings (SSSR count). The summed E-state index contributed by atoms with van der Waals surface area (Å²) in [6.07, 6.45) is 0. The summed E-state index contributed by atoms with van der Waals surface area (Å²) < 4.78 is 0. The first-order valence-electron chi connectivity index (χ1n) is 6.59. The number of hydrogen-bond donors (Lipinski definition) is 2. The molecule has 108 valence electrons. The number of aliphatic hydroxyl groups is 1. The van der Waals surface area contributed by atoms with Gasteiger partial charge in [0.05, 0.1) is 0 Å². The Morgan fingerprint density at radius 3 is 2.63 bits per heavy atom. The highest BCUT2D eigenvalue weighted by atomic mass is 35.5. The first-order chi connectivity index (χ1) is 8.81. The smallest absolute Gasteiger partial charge is 0.0464 e. The third-order valence-corrected chi connectivity index (χ3v) is 4.35. The van der Waals surface area contributed by atoms with Gasteiger partial charge < -0.3 is 10.4 Å². The number of thioether (sulfide) groups is 1. The average molecular weight is 302 g/mol. The molecule has 0 fully saturated rings. The fourth-order valence-electron chi connectivity index (χ4n) is 1.47. The predicted molar refractivity (Wildman–Crippen MR) is 85.0 cm³/mol. The van der Waals surface area contributed by atoms with E-state index in [0.717, 1.165) is 17.3 Å². The molecule has 2 nitrogen and oxygen atoms in total. The first-order valence-corrected chi connectivity index (χ1v) is 7.95. The van der Waals surface area contributed by atoms with E-state index >= 15 is 0 Å². The molecule has 1 aromatic carbocycles. The van der Waals surface area contributed by atoms with Crippen molar-refractivity contribution in [3.63, 3.8) is 0 Å². The van der Waals surface area contributed by atoms with E-state index < -0.39 is 0 Å². The van der Waals surface area contributed by atoms with Crippen molar-refractivity contribution in [2.45, 2.75) is 44.7 Å². The normalized spacial score (nSPS) is 13.6. The van der Waals surface area contributed by atoms with Gasteiger partial charge in [0.2, 0.25) is 0 Å². The van der Waals surface area contributed by atoms with Crippen molar-refractivity contribution in [1.29, 1.82) is 0 Å². The van der Waals surface area contributed by atoms with Crippen molar-refractivity contribution < 1.29 is 5.11 Å². The van der Waals surface area contributed by atoms with E-state index in [1.807, 2.05) is 12.1 Å². The molecule has 0 saturated heterocycles. The molecule has 2 N–H and O–H groups in total. The van der Waals surface area contributed by atoms with Gasteiger partial charge in [0, 0.05) is 34.4 Å². The summed E-state index contributed by atoms with van der Waals surface area (Å²) in [5.74, 6) is 1.23. The maximum atomic E-state index is 9.09. The lowest BCUT2D eigenvalue weighted by atomic mass is 10.1. The fraction of sp³-hybridized carbons (Fsp3) is 0.600. The average Bonchev–Trinajstić information content (AvgIpc) is 2.33. The van der Waals surface area contributed by atoms with Crippen molar-refractivity contribution in [3.05, 3.63) is 28.8 Å². The van der Waals surface area contributed by atoms with Gasteiger partial charge in [-0.15, -0.1) is 11.8 Å². The maximum absolute atomic E-state index is 9.09. The second-order valence-corrected chi connectivity index (χ2v) is 7.45. The molecule has 0 aliphatic carbocycles. The van der Waals surface area contributed by atoms with Gasteiger partial charge in [-0.1, -0.05) is 18.5 Å². The van der Waals surface area contributed by atoms with E-state index in [0.29, 0.717) is 5.92 Å². The van der Waals surface area contributed by atoms with E-state index in [9.17, 15) is 0 Å². The summed E-state index contributed by atoms with van der Waals surface area (Å²) in [5.41, 5.74) is 1.31. The summed E-state index contributed by atoms with van der Waals surface area (Å²) in [6.45, 7) is 9.54. The lowest BCUT2D eigenvalue weighted by molar-refractivity contribution is 0.250. The quantitative estimate of drug-likeness (QED) is 0.780. The largest absolute Gasteiger partial charge is 0.396 e. The Kier molecular flexibility index (Phi) is 6.67. The van der Waals surface area contributed by atoms with Crippen LogP contribution in [0.5, 0.6) is 0 Å². The van der Waals surface area contributed by atoms with Gasteiger partial charge in [0.15, 0.2) is 0 Å². The molecule has 0 saturated carbocycles. The molecule has 0 heterocycles. The zero-order chi connectivity index (χ0) is 14.5. The fourth-order valence-corrected chi connectivity index (χ4v) is 2.72. The molecule has 19 heavy (non-hydrogen) atoms. The molecule has 0 amide bonds. The number of hydrogen-bond acceptors (Lipinski definition) is 3. The number of rotatable bonds is 6. The number of aliphatic hydroxyl groups excluding tert-OH is 1. The van der Waals surface area contributed by atoms with Crippen LogP contribution in [-0.4, -0.2) is 23.0 Å². The second-order valence-electron chi connectivity index (χ2n) is 5.95. The van der Waals surface area contributed by atoms with Crippen LogP contribution in [0.25, 0.3) is 0 Å². The van der Waals surface area contributed by atoms with Crippen molar-refractivity contribution in [3.8, 4) is 0 Å². The number of benzene rings is 1. The lowest BCUT2D eigenvalue weighted by Gasteiger charge is -2.22. The Labute approximate surface area is 125 Å². The molecular formula is C15H24ClNOS. The SMILES string of the molecule is CC(CO)CSc1ccc(Cl)cc1CNC(C)(C)C. The molecule has 4 heteroatoms. The third kappa shape index (κ3) is 6.66. The van der Waals surface area contributed by atoms with Crippen molar-refractivity contribution >= 4 is 23.4 Å². The molecule has 1 atom stereocenters. The summed E-state index contributed by atoms with van der Waals surface area (Å²) >= 11 is 7.86. The van der Waals surface area contributed by atoms with Crippen LogP contribution in [-0.2, 0) is 6.54 Å². The lowest BCUT2D eigenvalue weighted by Crippen LogP contribution is -2.35. The van der Waals surface area contributed by atoms with Gasteiger partial charge in [0.25, 0.3) is 0 Å². The van der Waals surface area contributed by atoms with E-state index in [4.69, 9.17) is 16.7 Å². The van der Waals surface area contributed by atoms with E-state index in [2.05, 4.69) is 39.1 Å². The summed E-state index contributed by atoms with van der Waals surface area (Å²) in [7, 11) is 0. The number of halogens is 1. The van der Waals surface area contributed by atoms with E-state index in [-0.39, 0.29) is 12.1 Å². The van der Waals surface area contributed by atoms with Crippen molar-refractivity contribution in [1.82, 2.24) is 5.32 Å². The van der Waals surface area contributed by atoms with Gasteiger partial charge in [-0.05, 0) is 50.5 Å². The molecule has 0 aliphatic rings. The second kappa shape index (κ2) is 7.53.